The largest absolute Gasteiger partial charge is 0.312 e. The molecule has 16 heavy (non-hydrogen) atoms. The molecule has 1 aromatic heterocycles. The van der Waals surface area contributed by atoms with E-state index in [4.69, 9.17) is 0 Å². The first kappa shape index (κ1) is 11.3. The van der Waals surface area contributed by atoms with Crippen molar-refractivity contribution < 1.29 is 0 Å². The first-order chi connectivity index (χ1) is 7.66. The molecule has 88 valence electrons. The average Bonchev–Trinajstić information content (AvgIpc) is 3.04. The van der Waals surface area contributed by atoms with Gasteiger partial charge in [0.1, 0.15) is 0 Å². The molecular weight excluding hydrogens is 202 g/mol. The number of nitrogens with one attached hydrogen (secondary N) is 1. The van der Waals surface area contributed by atoms with E-state index < -0.39 is 0 Å². The van der Waals surface area contributed by atoms with E-state index in [0.29, 0.717) is 12.6 Å². The van der Waals surface area contributed by atoms with Gasteiger partial charge in [-0.15, -0.1) is 0 Å². The van der Waals surface area contributed by atoms with Gasteiger partial charge in [-0.2, -0.15) is 5.10 Å². The summed E-state index contributed by atoms with van der Waals surface area (Å²) >= 11 is 0. The predicted molar refractivity (Wildman–Crippen MR) is 63.4 cm³/mol. The minimum atomic E-state index is -0.0131. The third-order valence-electron chi connectivity index (χ3n) is 3.13. The van der Waals surface area contributed by atoms with Crippen LogP contribution >= 0.6 is 0 Å². The van der Waals surface area contributed by atoms with Crippen LogP contribution in [0.25, 0.3) is 0 Å². The number of hydrogen-bond donors (Lipinski definition) is 1. The van der Waals surface area contributed by atoms with Crippen molar-refractivity contribution in [2.24, 2.45) is 5.92 Å². The van der Waals surface area contributed by atoms with Crippen LogP contribution < -0.4 is 10.9 Å². The van der Waals surface area contributed by atoms with Crippen molar-refractivity contribution in [2.75, 3.05) is 6.54 Å². The first-order valence-corrected chi connectivity index (χ1v) is 5.94. The van der Waals surface area contributed by atoms with Crippen molar-refractivity contribution in [3.05, 3.63) is 28.2 Å². The van der Waals surface area contributed by atoms with Crippen LogP contribution in [0.3, 0.4) is 0 Å². The smallest absolute Gasteiger partial charge is 0.267 e. The predicted octanol–water partition coefficient (Wildman–Crippen LogP) is 0.940. The minimum Gasteiger partial charge on any atom is -0.312 e. The minimum absolute atomic E-state index is 0.0131. The van der Waals surface area contributed by atoms with Gasteiger partial charge in [0.15, 0.2) is 0 Å². The Labute approximate surface area is 95.7 Å². The monoisotopic (exact) mass is 221 g/mol. The van der Waals surface area contributed by atoms with Gasteiger partial charge in [0.2, 0.25) is 0 Å². The van der Waals surface area contributed by atoms with Crippen LogP contribution in [0.15, 0.2) is 17.1 Å². The lowest BCUT2D eigenvalue weighted by atomic mass is 10.2. The number of hydrogen-bond acceptors (Lipinski definition) is 3. The Morgan fingerprint density at radius 3 is 3.00 bits per heavy atom. The molecule has 0 aliphatic heterocycles. The average molecular weight is 221 g/mol. The molecular formula is C12H19N3O. The fraction of sp³-hybridized carbons (Fsp3) is 0.667. The van der Waals surface area contributed by atoms with Crippen LogP contribution in [0.2, 0.25) is 0 Å². The molecule has 0 bridgehead atoms. The van der Waals surface area contributed by atoms with Gasteiger partial charge in [0.05, 0.1) is 12.7 Å². The SMILES string of the molecule is Cc1cnn(CCNC(C)C2CC2)c(=O)c1. The number of aromatic nitrogens is 2. The summed E-state index contributed by atoms with van der Waals surface area (Å²) in [5, 5.41) is 7.53. The van der Waals surface area contributed by atoms with Crippen LogP contribution in [0, 0.1) is 12.8 Å². The molecule has 1 atom stereocenters. The van der Waals surface area contributed by atoms with Crippen molar-refractivity contribution in [1.82, 2.24) is 15.1 Å². The number of rotatable bonds is 5. The Bertz CT molecular complexity index is 409. The molecule has 0 aromatic carbocycles. The fourth-order valence-corrected chi connectivity index (χ4v) is 1.85. The van der Waals surface area contributed by atoms with Crippen LogP contribution in [0.5, 0.6) is 0 Å². The molecule has 1 unspecified atom stereocenters. The Balaban J connectivity index is 1.82. The molecule has 0 saturated heterocycles. The quantitative estimate of drug-likeness (QED) is 0.805. The molecule has 1 saturated carbocycles. The standard InChI is InChI=1S/C12H19N3O/c1-9-7-12(16)15(14-8-9)6-5-13-10(2)11-3-4-11/h7-8,10-11,13H,3-6H2,1-2H3. The number of nitrogens with zero attached hydrogens (tertiary/aromatic N) is 2. The van der Waals surface area contributed by atoms with Crippen molar-refractivity contribution in [3.63, 3.8) is 0 Å². The van der Waals surface area contributed by atoms with E-state index in [2.05, 4.69) is 17.3 Å². The Morgan fingerprint density at radius 2 is 2.38 bits per heavy atom. The summed E-state index contributed by atoms with van der Waals surface area (Å²) in [7, 11) is 0. The highest BCUT2D eigenvalue weighted by molar-refractivity contribution is 5.02. The van der Waals surface area contributed by atoms with Crippen LogP contribution in [-0.4, -0.2) is 22.4 Å². The molecule has 4 nitrogen and oxygen atoms in total. The summed E-state index contributed by atoms with van der Waals surface area (Å²) in [4.78, 5) is 11.5. The molecule has 1 aliphatic carbocycles. The van der Waals surface area contributed by atoms with E-state index in [1.807, 2.05) is 6.92 Å². The van der Waals surface area contributed by atoms with Crippen molar-refractivity contribution in [2.45, 2.75) is 39.3 Å². The lowest BCUT2D eigenvalue weighted by Gasteiger charge is -2.12. The van der Waals surface area contributed by atoms with Gasteiger partial charge in [-0.05, 0) is 38.2 Å². The molecule has 1 aliphatic rings. The maximum Gasteiger partial charge on any atom is 0.267 e. The summed E-state index contributed by atoms with van der Waals surface area (Å²) in [6.45, 7) is 5.55. The van der Waals surface area contributed by atoms with E-state index in [9.17, 15) is 4.79 Å². The molecule has 1 N–H and O–H groups in total. The second-order valence-electron chi connectivity index (χ2n) is 4.67. The van der Waals surface area contributed by atoms with E-state index in [1.165, 1.54) is 17.5 Å². The Kier molecular flexibility index (Phi) is 3.39. The molecule has 2 rings (SSSR count). The molecule has 1 heterocycles. The normalized spacial score (nSPS) is 17.4. The lowest BCUT2D eigenvalue weighted by molar-refractivity contribution is 0.454. The van der Waals surface area contributed by atoms with Crippen molar-refractivity contribution >= 4 is 0 Å². The second-order valence-corrected chi connectivity index (χ2v) is 4.67. The van der Waals surface area contributed by atoms with Gasteiger partial charge >= 0.3 is 0 Å². The molecule has 0 radical (unpaired) electrons. The summed E-state index contributed by atoms with van der Waals surface area (Å²) in [5.74, 6) is 0.850. The molecule has 0 amide bonds. The van der Waals surface area contributed by atoms with E-state index in [0.717, 1.165) is 18.0 Å². The third-order valence-corrected chi connectivity index (χ3v) is 3.13. The first-order valence-electron chi connectivity index (χ1n) is 5.94. The third kappa shape index (κ3) is 2.92. The lowest BCUT2D eigenvalue weighted by Crippen LogP contribution is -2.34. The molecule has 1 fully saturated rings. The topological polar surface area (TPSA) is 46.9 Å². The zero-order valence-electron chi connectivity index (χ0n) is 9.94. The summed E-state index contributed by atoms with van der Waals surface area (Å²) in [6, 6.07) is 2.19. The van der Waals surface area contributed by atoms with Crippen LogP contribution in [0.1, 0.15) is 25.3 Å². The Morgan fingerprint density at radius 1 is 1.62 bits per heavy atom. The summed E-state index contributed by atoms with van der Waals surface area (Å²) in [5.41, 5.74) is 0.904. The van der Waals surface area contributed by atoms with Gasteiger partial charge in [-0.3, -0.25) is 4.79 Å². The van der Waals surface area contributed by atoms with E-state index in [1.54, 1.807) is 12.3 Å². The van der Waals surface area contributed by atoms with Crippen molar-refractivity contribution in [1.29, 1.82) is 0 Å². The molecule has 1 aromatic rings. The maximum atomic E-state index is 11.5. The van der Waals surface area contributed by atoms with Crippen LogP contribution in [0.4, 0.5) is 0 Å². The Hall–Kier alpha value is -1.16. The summed E-state index contributed by atoms with van der Waals surface area (Å²) < 4.78 is 1.51. The second kappa shape index (κ2) is 4.78. The maximum absolute atomic E-state index is 11.5. The zero-order valence-corrected chi connectivity index (χ0v) is 9.94. The highest BCUT2D eigenvalue weighted by Gasteiger charge is 2.27. The van der Waals surface area contributed by atoms with E-state index >= 15 is 0 Å². The highest BCUT2D eigenvalue weighted by atomic mass is 16.1. The van der Waals surface area contributed by atoms with Gasteiger partial charge < -0.3 is 5.32 Å². The van der Waals surface area contributed by atoms with Gasteiger partial charge in [0.25, 0.3) is 5.56 Å². The summed E-state index contributed by atoms with van der Waals surface area (Å²) in [6.07, 6.45) is 4.42. The molecule has 4 heteroatoms. The van der Waals surface area contributed by atoms with Gasteiger partial charge in [0, 0.05) is 18.7 Å². The zero-order chi connectivity index (χ0) is 11.5. The highest BCUT2D eigenvalue weighted by Crippen LogP contribution is 2.32. The number of aryl methyl sites for hydroxylation is 1. The van der Waals surface area contributed by atoms with Crippen molar-refractivity contribution in [3.8, 4) is 0 Å². The molecule has 0 spiro atoms. The van der Waals surface area contributed by atoms with E-state index in [-0.39, 0.29) is 5.56 Å². The fourth-order valence-electron chi connectivity index (χ4n) is 1.85. The van der Waals surface area contributed by atoms with Crippen LogP contribution in [-0.2, 0) is 6.54 Å². The van der Waals surface area contributed by atoms with Gasteiger partial charge in [-0.25, -0.2) is 4.68 Å². The van der Waals surface area contributed by atoms with Gasteiger partial charge in [-0.1, -0.05) is 0 Å².